The number of piperidine rings is 1. The molecule has 0 saturated carbocycles. The molecule has 0 atom stereocenters. The summed E-state index contributed by atoms with van der Waals surface area (Å²) in [5, 5.41) is 0. The van der Waals surface area contributed by atoms with Gasteiger partial charge in [0.1, 0.15) is 5.75 Å². The monoisotopic (exact) mass is 277 g/mol. The van der Waals surface area contributed by atoms with Crippen LogP contribution in [-0.4, -0.2) is 43.6 Å². The third-order valence-corrected chi connectivity index (χ3v) is 3.33. The molecule has 2 rings (SSSR count). The molecule has 0 radical (unpaired) electrons. The number of rotatable bonds is 4. The summed E-state index contributed by atoms with van der Waals surface area (Å²) in [6.45, 7) is 1.54. The molecule has 1 aliphatic heterocycles. The van der Waals surface area contributed by atoms with E-state index >= 15 is 0 Å². The third kappa shape index (κ3) is 3.73. The molecule has 1 aliphatic rings. The Hall–Kier alpha value is -2.04. The van der Waals surface area contributed by atoms with E-state index < -0.39 is 5.97 Å². The number of carbonyl (C=O) groups excluding carboxylic acids is 2. The van der Waals surface area contributed by atoms with Crippen LogP contribution in [0.2, 0.25) is 0 Å². The highest BCUT2D eigenvalue weighted by atomic mass is 16.6. The van der Waals surface area contributed by atoms with Gasteiger partial charge in [-0.25, -0.2) is 4.79 Å². The lowest BCUT2D eigenvalue weighted by molar-refractivity contribution is -0.142. The van der Waals surface area contributed by atoms with Crippen molar-refractivity contribution in [3.63, 3.8) is 0 Å². The van der Waals surface area contributed by atoms with E-state index in [-0.39, 0.29) is 12.5 Å². The van der Waals surface area contributed by atoms with Crippen LogP contribution in [-0.2, 0) is 9.53 Å². The summed E-state index contributed by atoms with van der Waals surface area (Å²) in [7, 11) is 1.31. The maximum Gasteiger partial charge on any atom is 0.343 e. The zero-order chi connectivity index (χ0) is 14.4. The molecule has 1 fully saturated rings. The van der Waals surface area contributed by atoms with E-state index in [4.69, 9.17) is 4.74 Å². The van der Waals surface area contributed by atoms with Crippen molar-refractivity contribution in [3.8, 4) is 5.75 Å². The first-order valence-electron chi connectivity index (χ1n) is 6.79. The average Bonchev–Trinajstić information content (AvgIpc) is 2.53. The van der Waals surface area contributed by atoms with E-state index in [0.29, 0.717) is 11.3 Å². The highest BCUT2D eigenvalue weighted by molar-refractivity contribution is 5.94. The number of hydrogen-bond donors (Lipinski definition) is 0. The van der Waals surface area contributed by atoms with Gasteiger partial charge in [-0.1, -0.05) is 0 Å². The van der Waals surface area contributed by atoms with Gasteiger partial charge in [0.15, 0.2) is 6.61 Å². The number of benzene rings is 1. The van der Waals surface area contributed by atoms with Crippen LogP contribution in [0, 0.1) is 0 Å². The van der Waals surface area contributed by atoms with Gasteiger partial charge in [0.2, 0.25) is 0 Å². The van der Waals surface area contributed by atoms with Gasteiger partial charge in [-0.3, -0.25) is 4.79 Å². The third-order valence-electron chi connectivity index (χ3n) is 3.33. The van der Waals surface area contributed by atoms with Gasteiger partial charge in [-0.15, -0.1) is 0 Å². The van der Waals surface area contributed by atoms with Crippen LogP contribution in [0.4, 0.5) is 0 Å². The van der Waals surface area contributed by atoms with Gasteiger partial charge >= 0.3 is 5.97 Å². The number of ether oxygens (including phenoxy) is 2. The first kappa shape index (κ1) is 14.4. The van der Waals surface area contributed by atoms with Crippen LogP contribution >= 0.6 is 0 Å². The standard InChI is InChI=1S/C15H19NO4/c1-19-14(17)11-20-13-7-5-12(6-8-13)15(18)16-9-3-2-4-10-16/h5-8H,2-4,9-11H2,1H3. The van der Waals surface area contributed by atoms with E-state index in [2.05, 4.69) is 4.74 Å². The second-order valence-electron chi connectivity index (χ2n) is 4.74. The molecule has 1 aromatic carbocycles. The maximum atomic E-state index is 12.2. The highest BCUT2D eigenvalue weighted by Gasteiger charge is 2.17. The largest absolute Gasteiger partial charge is 0.482 e. The van der Waals surface area contributed by atoms with Crippen molar-refractivity contribution in [1.29, 1.82) is 0 Å². The predicted molar refractivity (Wildman–Crippen MR) is 73.7 cm³/mol. The Balaban J connectivity index is 1.93. The van der Waals surface area contributed by atoms with E-state index in [1.807, 2.05) is 4.90 Å². The van der Waals surface area contributed by atoms with Crippen LogP contribution < -0.4 is 4.74 Å². The molecule has 1 amide bonds. The van der Waals surface area contributed by atoms with Gasteiger partial charge in [0, 0.05) is 18.7 Å². The van der Waals surface area contributed by atoms with Crippen molar-refractivity contribution in [2.24, 2.45) is 0 Å². The van der Waals surface area contributed by atoms with Crippen molar-refractivity contribution in [2.45, 2.75) is 19.3 Å². The molecule has 1 saturated heterocycles. The van der Waals surface area contributed by atoms with Crippen LogP contribution in [0.3, 0.4) is 0 Å². The smallest absolute Gasteiger partial charge is 0.343 e. The molecule has 1 heterocycles. The van der Waals surface area contributed by atoms with Crippen molar-refractivity contribution in [1.82, 2.24) is 4.90 Å². The summed E-state index contributed by atoms with van der Waals surface area (Å²) in [5.41, 5.74) is 0.650. The lowest BCUT2D eigenvalue weighted by Crippen LogP contribution is -2.35. The number of esters is 1. The first-order chi connectivity index (χ1) is 9.70. The number of hydrogen-bond acceptors (Lipinski definition) is 4. The Morgan fingerprint density at radius 2 is 1.75 bits per heavy atom. The second-order valence-corrected chi connectivity index (χ2v) is 4.74. The zero-order valence-electron chi connectivity index (χ0n) is 11.6. The van der Waals surface area contributed by atoms with E-state index in [9.17, 15) is 9.59 Å². The summed E-state index contributed by atoms with van der Waals surface area (Å²) in [6, 6.07) is 6.84. The molecule has 0 unspecified atom stereocenters. The minimum Gasteiger partial charge on any atom is -0.482 e. The van der Waals surface area contributed by atoms with E-state index in [1.165, 1.54) is 13.5 Å². The summed E-state index contributed by atoms with van der Waals surface area (Å²) in [6.07, 6.45) is 3.35. The molecule has 5 nitrogen and oxygen atoms in total. The summed E-state index contributed by atoms with van der Waals surface area (Å²) < 4.78 is 9.73. The van der Waals surface area contributed by atoms with E-state index in [0.717, 1.165) is 25.9 Å². The number of likely N-dealkylation sites (tertiary alicyclic amines) is 1. The molecule has 0 spiro atoms. The summed E-state index contributed by atoms with van der Waals surface area (Å²) >= 11 is 0. The Morgan fingerprint density at radius 3 is 2.35 bits per heavy atom. The van der Waals surface area contributed by atoms with Crippen molar-refractivity contribution in [2.75, 3.05) is 26.8 Å². The average molecular weight is 277 g/mol. The molecular formula is C15H19NO4. The topological polar surface area (TPSA) is 55.8 Å². The predicted octanol–water partition coefficient (Wildman–Crippen LogP) is 1.86. The Labute approximate surface area is 118 Å². The number of amides is 1. The SMILES string of the molecule is COC(=O)COc1ccc(C(=O)N2CCCCC2)cc1. The van der Waals surface area contributed by atoms with Crippen LogP contribution in [0.5, 0.6) is 5.75 Å². The number of carbonyl (C=O) groups is 2. The number of methoxy groups -OCH3 is 1. The van der Waals surface area contributed by atoms with Crippen LogP contribution in [0.25, 0.3) is 0 Å². The van der Waals surface area contributed by atoms with Gasteiger partial charge in [-0.05, 0) is 43.5 Å². The molecule has 5 heteroatoms. The molecule has 108 valence electrons. The normalized spacial score (nSPS) is 14.8. The molecule has 0 bridgehead atoms. The van der Waals surface area contributed by atoms with Gasteiger partial charge in [0.25, 0.3) is 5.91 Å². The van der Waals surface area contributed by atoms with Crippen molar-refractivity contribution >= 4 is 11.9 Å². The van der Waals surface area contributed by atoms with E-state index in [1.54, 1.807) is 24.3 Å². The fraction of sp³-hybridized carbons (Fsp3) is 0.467. The van der Waals surface area contributed by atoms with Crippen LogP contribution in [0.15, 0.2) is 24.3 Å². The van der Waals surface area contributed by atoms with Crippen molar-refractivity contribution in [3.05, 3.63) is 29.8 Å². The summed E-state index contributed by atoms with van der Waals surface area (Å²) in [5.74, 6) is 0.174. The van der Waals surface area contributed by atoms with Crippen LogP contribution in [0.1, 0.15) is 29.6 Å². The van der Waals surface area contributed by atoms with Crippen molar-refractivity contribution < 1.29 is 19.1 Å². The number of nitrogens with zero attached hydrogens (tertiary/aromatic N) is 1. The first-order valence-corrected chi connectivity index (χ1v) is 6.79. The molecule has 1 aromatic rings. The fourth-order valence-corrected chi connectivity index (χ4v) is 2.17. The molecule has 0 aliphatic carbocycles. The molecule has 0 N–H and O–H groups in total. The van der Waals surface area contributed by atoms with Gasteiger partial charge in [0.05, 0.1) is 7.11 Å². The molecule has 20 heavy (non-hydrogen) atoms. The second kappa shape index (κ2) is 6.93. The maximum absolute atomic E-state index is 12.2. The Bertz CT molecular complexity index is 463. The minimum atomic E-state index is -0.432. The van der Waals surface area contributed by atoms with Gasteiger partial charge in [-0.2, -0.15) is 0 Å². The minimum absolute atomic E-state index is 0.0595. The Morgan fingerprint density at radius 1 is 1.10 bits per heavy atom. The summed E-state index contributed by atoms with van der Waals surface area (Å²) in [4.78, 5) is 25.1. The zero-order valence-corrected chi connectivity index (χ0v) is 11.6. The fourth-order valence-electron chi connectivity index (χ4n) is 2.17. The molecule has 0 aromatic heterocycles. The lowest BCUT2D eigenvalue weighted by Gasteiger charge is -2.26. The quantitative estimate of drug-likeness (QED) is 0.788. The Kier molecular flexibility index (Phi) is 4.98. The van der Waals surface area contributed by atoms with Gasteiger partial charge < -0.3 is 14.4 Å². The molecular weight excluding hydrogens is 258 g/mol. The lowest BCUT2D eigenvalue weighted by atomic mass is 10.1. The highest BCUT2D eigenvalue weighted by Crippen LogP contribution is 2.16.